The second-order valence-electron chi connectivity index (χ2n) is 7.34. The number of ether oxygens (including phenoxy) is 2. The van der Waals surface area contributed by atoms with Crippen molar-refractivity contribution < 1.29 is 18.8 Å². The van der Waals surface area contributed by atoms with Crippen molar-refractivity contribution in [2.75, 3.05) is 18.5 Å². The van der Waals surface area contributed by atoms with Crippen molar-refractivity contribution in [3.8, 4) is 23.0 Å². The molecule has 7 heteroatoms. The summed E-state index contributed by atoms with van der Waals surface area (Å²) >= 11 is 0. The Balaban J connectivity index is 1.54. The topological polar surface area (TPSA) is 86.5 Å². The molecule has 1 aromatic heterocycles. The quantitative estimate of drug-likeness (QED) is 0.625. The van der Waals surface area contributed by atoms with Crippen LogP contribution in [0, 0.1) is 6.92 Å². The molecule has 4 rings (SSSR count). The third kappa shape index (κ3) is 4.20. The number of aryl methyl sites for hydroxylation is 1. The Kier molecular flexibility index (Phi) is 5.52. The Bertz CT molecular complexity index is 1100. The maximum absolute atomic E-state index is 12.6. The van der Waals surface area contributed by atoms with Gasteiger partial charge >= 0.3 is 0 Å². The van der Waals surface area contributed by atoms with Crippen molar-refractivity contribution in [3.05, 3.63) is 59.4 Å². The zero-order valence-corrected chi connectivity index (χ0v) is 17.1. The van der Waals surface area contributed by atoms with Gasteiger partial charge in [0.25, 0.3) is 5.89 Å². The number of para-hydroxylation sites is 1. The van der Waals surface area contributed by atoms with Crippen LogP contribution in [0.2, 0.25) is 0 Å². The van der Waals surface area contributed by atoms with E-state index in [4.69, 9.17) is 14.0 Å². The first-order chi connectivity index (χ1) is 14.5. The molecule has 1 amide bonds. The maximum Gasteiger partial charge on any atom is 0.260 e. The smallest absolute Gasteiger partial charge is 0.260 e. The zero-order valence-electron chi connectivity index (χ0n) is 17.1. The van der Waals surface area contributed by atoms with Gasteiger partial charge in [0.1, 0.15) is 13.2 Å². The van der Waals surface area contributed by atoms with E-state index in [-0.39, 0.29) is 11.8 Å². The molecule has 0 atom stereocenters. The van der Waals surface area contributed by atoms with Gasteiger partial charge in [0.15, 0.2) is 17.3 Å². The van der Waals surface area contributed by atoms with E-state index in [1.807, 2.05) is 57.2 Å². The summed E-state index contributed by atoms with van der Waals surface area (Å²) < 4.78 is 16.5. The van der Waals surface area contributed by atoms with Gasteiger partial charge in [-0.1, -0.05) is 37.2 Å². The first-order valence-electron chi connectivity index (χ1n) is 9.83. The lowest BCUT2D eigenvalue weighted by Crippen LogP contribution is -2.15. The van der Waals surface area contributed by atoms with E-state index in [2.05, 4.69) is 15.5 Å². The van der Waals surface area contributed by atoms with Gasteiger partial charge in [0.2, 0.25) is 5.91 Å². The third-order valence-corrected chi connectivity index (χ3v) is 4.70. The molecule has 7 nitrogen and oxygen atoms in total. The summed E-state index contributed by atoms with van der Waals surface area (Å²) in [6.45, 7) is 6.98. The molecule has 2 aromatic carbocycles. The maximum atomic E-state index is 12.6. The minimum absolute atomic E-state index is 0.152. The van der Waals surface area contributed by atoms with Crippen LogP contribution in [0.15, 0.2) is 47.0 Å². The average molecular weight is 405 g/mol. The van der Waals surface area contributed by atoms with Crippen molar-refractivity contribution in [3.63, 3.8) is 0 Å². The van der Waals surface area contributed by atoms with Gasteiger partial charge in [-0.2, -0.15) is 4.98 Å². The molecule has 0 saturated heterocycles. The van der Waals surface area contributed by atoms with Crippen molar-refractivity contribution >= 4 is 17.7 Å². The van der Waals surface area contributed by atoms with E-state index in [0.29, 0.717) is 47.7 Å². The van der Waals surface area contributed by atoms with Gasteiger partial charge in [-0.25, -0.2) is 0 Å². The highest BCUT2D eigenvalue weighted by molar-refractivity contribution is 6.04. The lowest BCUT2D eigenvalue weighted by Gasteiger charge is -2.18. The minimum Gasteiger partial charge on any atom is -0.486 e. The molecule has 0 radical (unpaired) electrons. The first kappa shape index (κ1) is 19.7. The molecule has 1 aliphatic rings. The molecule has 154 valence electrons. The predicted octanol–water partition coefficient (Wildman–Crippen LogP) is 4.59. The Hall–Kier alpha value is -3.61. The van der Waals surface area contributed by atoms with Crippen LogP contribution in [0.1, 0.15) is 36.7 Å². The van der Waals surface area contributed by atoms with Gasteiger partial charge in [-0.05, 0) is 42.3 Å². The standard InChI is InChI=1S/C23H23N3O4/c1-14(2)22-25-23(30-26-22)17-6-4-5-15(3)21(17)24-20(27)10-8-16-7-9-18-19(13-16)29-12-11-28-18/h4-10,13-14H,11-12H2,1-3H3,(H,24,27)/b10-8+. The van der Waals surface area contributed by atoms with E-state index in [1.54, 1.807) is 6.08 Å². The van der Waals surface area contributed by atoms with Crippen molar-refractivity contribution in [1.82, 2.24) is 10.1 Å². The van der Waals surface area contributed by atoms with Crippen LogP contribution in [0.5, 0.6) is 11.5 Å². The number of aromatic nitrogens is 2. The second kappa shape index (κ2) is 8.41. The van der Waals surface area contributed by atoms with Crippen LogP contribution in [0.25, 0.3) is 17.5 Å². The van der Waals surface area contributed by atoms with E-state index in [0.717, 1.165) is 11.1 Å². The van der Waals surface area contributed by atoms with Crippen molar-refractivity contribution in [1.29, 1.82) is 0 Å². The highest BCUT2D eigenvalue weighted by Crippen LogP contribution is 2.32. The molecule has 1 N–H and O–H groups in total. The molecular formula is C23H23N3O4. The lowest BCUT2D eigenvalue weighted by molar-refractivity contribution is -0.111. The van der Waals surface area contributed by atoms with Gasteiger partial charge < -0.3 is 19.3 Å². The van der Waals surface area contributed by atoms with Crippen LogP contribution in [-0.2, 0) is 4.79 Å². The number of carbonyl (C=O) groups is 1. The molecule has 0 fully saturated rings. The minimum atomic E-state index is -0.260. The number of fused-ring (bicyclic) bond motifs is 1. The predicted molar refractivity (Wildman–Crippen MR) is 114 cm³/mol. The van der Waals surface area contributed by atoms with Crippen LogP contribution < -0.4 is 14.8 Å². The lowest BCUT2D eigenvalue weighted by atomic mass is 10.1. The summed E-state index contributed by atoms with van der Waals surface area (Å²) in [5, 5.41) is 6.96. The summed E-state index contributed by atoms with van der Waals surface area (Å²) in [6.07, 6.45) is 3.21. The molecule has 0 saturated carbocycles. The highest BCUT2D eigenvalue weighted by atomic mass is 16.6. The van der Waals surface area contributed by atoms with Crippen LogP contribution in [0.4, 0.5) is 5.69 Å². The zero-order chi connectivity index (χ0) is 21.1. The average Bonchev–Trinajstić information content (AvgIpc) is 3.24. The third-order valence-electron chi connectivity index (χ3n) is 4.70. The van der Waals surface area contributed by atoms with Crippen LogP contribution in [0.3, 0.4) is 0 Å². The highest BCUT2D eigenvalue weighted by Gasteiger charge is 2.17. The summed E-state index contributed by atoms with van der Waals surface area (Å²) in [5.74, 6) is 2.30. The fourth-order valence-corrected chi connectivity index (χ4v) is 3.09. The summed E-state index contributed by atoms with van der Waals surface area (Å²) in [6, 6.07) is 11.2. The number of carbonyl (C=O) groups excluding carboxylic acids is 1. The fraction of sp³-hybridized carbons (Fsp3) is 0.261. The van der Waals surface area contributed by atoms with Crippen molar-refractivity contribution in [2.45, 2.75) is 26.7 Å². The number of anilines is 1. The SMILES string of the molecule is Cc1cccc(-c2nc(C(C)C)no2)c1NC(=O)/C=C/c1ccc2c(c1)OCCO2. The first-order valence-corrected chi connectivity index (χ1v) is 9.83. The van der Waals surface area contributed by atoms with Gasteiger partial charge in [-0.15, -0.1) is 0 Å². The van der Waals surface area contributed by atoms with Gasteiger partial charge in [-0.3, -0.25) is 4.79 Å². The molecule has 0 bridgehead atoms. The van der Waals surface area contributed by atoms with Crippen LogP contribution >= 0.6 is 0 Å². The molecule has 0 spiro atoms. The largest absolute Gasteiger partial charge is 0.486 e. The summed E-state index contributed by atoms with van der Waals surface area (Å²) in [4.78, 5) is 17.1. The number of nitrogens with zero attached hydrogens (tertiary/aromatic N) is 2. The Morgan fingerprint density at radius 1 is 1.13 bits per heavy atom. The molecular weight excluding hydrogens is 382 g/mol. The fourth-order valence-electron chi connectivity index (χ4n) is 3.09. The number of benzene rings is 2. The van der Waals surface area contributed by atoms with Crippen molar-refractivity contribution in [2.24, 2.45) is 0 Å². The number of rotatable bonds is 5. The Labute approximate surface area is 174 Å². The monoisotopic (exact) mass is 405 g/mol. The number of nitrogens with one attached hydrogen (secondary N) is 1. The Morgan fingerprint density at radius 2 is 1.93 bits per heavy atom. The molecule has 0 aliphatic carbocycles. The number of hydrogen-bond donors (Lipinski definition) is 1. The summed E-state index contributed by atoms with van der Waals surface area (Å²) in [5.41, 5.74) is 3.08. The van der Waals surface area contributed by atoms with Gasteiger partial charge in [0, 0.05) is 12.0 Å². The normalized spacial score (nSPS) is 13.1. The van der Waals surface area contributed by atoms with Gasteiger partial charge in [0.05, 0.1) is 11.3 Å². The van der Waals surface area contributed by atoms with E-state index >= 15 is 0 Å². The molecule has 3 aromatic rings. The molecule has 1 aliphatic heterocycles. The number of amides is 1. The molecule has 0 unspecified atom stereocenters. The second-order valence-corrected chi connectivity index (χ2v) is 7.34. The summed E-state index contributed by atoms with van der Waals surface area (Å²) in [7, 11) is 0. The van der Waals surface area contributed by atoms with E-state index in [9.17, 15) is 4.79 Å². The number of hydrogen-bond acceptors (Lipinski definition) is 6. The Morgan fingerprint density at radius 3 is 2.70 bits per heavy atom. The molecule has 2 heterocycles. The van der Waals surface area contributed by atoms with Crippen LogP contribution in [-0.4, -0.2) is 29.3 Å². The molecule has 30 heavy (non-hydrogen) atoms. The van der Waals surface area contributed by atoms with E-state index < -0.39 is 0 Å². The van der Waals surface area contributed by atoms with E-state index in [1.165, 1.54) is 6.08 Å².